The van der Waals surface area contributed by atoms with Gasteiger partial charge in [-0.2, -0.15) is 0 Å². The number of esters is 1. The molecule has 1 unspecified atom stereocenters. The quantitative estimate of drug-likeness (QED) is 0.701. The van der Waals surface area contributed by atoms with Gasteiger partial charge in [0, 0.05) is 18.3 Å². The minimum atomic E-state index is -0.363. The summed E-state index contributed by atoms with van der Waals surface area (Å²) < 4.78 is 4.46. The second-order valence-corrected chi connectivity index (χ2v) is 4.12. The molecule has 0 heterocycles. The maximum atomic E-state index is 11.5. The van der Waals surface area contributed by atoms with Crippen molar-refractivity contribution in [1.82, 2.24) is 5.32 Å². The van der Waals surface area contributed by atoms with Crippen LogP contribution in [-0.2, 0) is 9.53 Å². The third kappa shape index (κ3) is 5.39. The van der Waals surface area contributed by atoms with E-state index < -0.39 is 0 Å². The number of rotatable bonds is 5. The monoisotopic (exact) mass is 265 g/mol. The molecule has 104 valence electrons. The topological polar surface area (TPSA) is 93.4 Å². The highest BCUT2D eigenvalue weighted by molar-refractivity contribution is 5.89. The number of carbonyl (C=O) groups excluding carboxylic acids is 2. The molecule has 0 radical (unpaired) electrons. The Balaban J connectivity index is 2.38. The summed E-state index contributed by atoms with van der Waals surface area (Å²) in [6.07, 6.45) is 0.146. The highest BCUT2D eigenvalue weighted by Gasteiger charge is 2.04. The zero-order valence-electron chi connectivity index (χ0n) is 11.1. The Morgan fingerprint density at radius 2 is 1.95 bits per heavy atom. The van der Waals surface area contributed by atoms with E-state index in [0.717, 1.165) is 5.56 Å². The molecule has 0 aliphatic heterocycles. The minimum absolute atomic E-state index is 0.0390. The molecular formula is C13H19N3O3. The molecule has 1 aromatic carbocycles. The highest BCUT2D eigenvalue weighted by atomic mass is 16.5. The third-order valence-corrected chi connectivity index (χ3v) is 2.54. The minimum Gasteiger partial charge on any atom is -0.469 e. The lowest BCUT2D eigenvalue weighted by Gasteiger charge is -2.09. The predicted molar refractivity (Wildman–Crippen MR) is 72.7 cm³/mol. The number of hydrogen-bond acceptors (Lipinski definition) is 4. The second kappa shape index (κ2) is 7.38. The molecule has 0 fully saturated rings. The summed E-state index contributed by atoms with van der Waals surface area (Å²) in [6.45, 7) is 2.12. The summed E-state index contributed by atoms with van der Waals surface area (Å²) in [6, 6.07) is 6.86. The molecule has 1 atom stereocenters. The number of ether oxygens (including phenoxy) is 1. The Bertz CT molecular complexity index is 429. The SMILES string of the molecule is COC(=O)CCNC(=O)Nc1ccc(C(C)N)cc1. The number of carbonyl (C=O) groups is 2. The molecule has 1 rings (SSSR count). The Labute approximate surface area is 112 Å². The van der Waals surface area contributed by atoms with Crippen LogP contribution >= 0.6 is 0 Å². The van der Waals surface area contributed by atoms with Gasteiger partial charge in [0.15, 0.2) is 0 Å². The van der Waals surface area contributed by atoms with Gasteiger partial charge in [-0.3, -0.25) is 4.79 Å². The van der Waals surface area contributed by atoms with Crippen molar-refractivity contribution in [2.45, 2.75) is 19.4 Å². The zero-order valence-corrected chi connectivity index (χ0v) is 11.1. The van der Waals surface area contributed by atoms with Gasteiger partial charge in [-0.25, -0.2) is 4.79 Å². The molecule has 0 spiro atoms. The van der Waals surface area contributed by atoms with E-state index in [2.05, 4.69) is 15.4 Å². The van der Waals surface area contributed by atoms with Crippen LogP contribution in [0.1, 0.15) is 24.9 Å². The van der Waals surface area contributed by atoms with Crippen LogP contribution in [0.5, 0.6) is 0 Å². The number of amides is 2. The van der Waals surface area contributed by atoms with E-state index in [1.54, 1.807) is 12.1 Å². The van der Waals surface area contributed by atoms with Gasteiger partial charge in [-0.1, -0.05) is 12.1 Å². The molecule has 19 heavy (non-hydrogen) atoms. The van der Waals surface area contributed by atoms with Crippen LogP contribution in [0.25, 0.3) is 0 Å². The summed E-state index contributed by atoms with van der Waals surface area (Å²) in [5.74, 6) is -0.360. The van der Waals surface area contributed by atoms with Crippen molar-refractivity contribution in [3.05, 3.63) is 29.8 Å². The van der Waals surface area contributed by atoms with Crippen molar-refractivity contribution in [3.8, 4) is 0 Å². The van der Waals surface area contributed by atoms with E-state index >= 15 is 0 Å². The molecule has 4 N–H and O–H groups in total. The summed E-state index contributed by atoms with van der Waals surface area (Å²) in [5, 5.41) is 5.21. The summed E-state index contributed by atoms with van der Waals surface area (Å²) in [5.41, 5.74) is 7.39. The van der Waals surface area contributed by atoms with Gasteiger partial charge in [-0.05, 0) is 24.6 Å². The van der Waals surface area contributed by atoms with Crippen LogP contribution in [-0.4, -0.2) is 25.7 Å². The van der Waals surface area contributed by atoms with Crippen LogP contribution in [0, 0.1) is 0 Å². The Kier molecular flexibility index (Phi) is 5.81. The fraction of sp³-hybridized carbons (Fsp3) is 0.385. The number of nitrogens with two attached hydrogens (primary N) is 1. The Morgan fingerprint density at radius 1 is 1.32 bits per heavy atom. The molecule has 0 saturated carbocycles. The predicted octanol–water partition coefficient (Wildman–Crippen LogP) is 1.39. The van der Waals surface area contributed by atoms with Crippen molar-refractivity contribution in [3.63, 3.8) is 0 Å². The Morgan fingerprint density at radius 3 is 2.47 bits per heavy atom. The normalized spacial score (nSPS) is 11.5. The molecule has 6 nitrogen and oxygen atoms in total. The van der Waals surface area contributed by atoms with Gasteiger partial charge in [0.25, 0.3) is 0 Å². The molecule has 0 bridgehead atoms. The van der Waals surface area contributed by atoms with Gasteiger partial charge in [0.2, 0.25) is 0 Å². The largest absolute Gasteiger partial charge is 0.469 e. The first-order valence-electron chi connectivity index (χ1n) is 6.00. The first kappa shape index (κ1) is 15.0. The van der Waals surface area contributed by atoms with E-state index in [4.69, 9.17) is 5.73 Å². The third-order valence-electron chi connectivity index (χ3n) is 2.54. The smallest absolute Gasteiger partial charge is 0.319 e. The summed E-state index contributed by atoms with van der Waals surface area (Å²) in [4.78, 5) is 22.3. The van der Waals surface area contributed by atoms with Crippen LogP contribution < -0.4 is 16.4 Å². The van der Waals surface area contributed by atoms with Crippen molar-refractivity contribution < 1.29 is 14.3 Å². The first-order valence-corrected chi connectivity index (χ1v) is 6.00. The maximum Gasteiger partial charge on any atom is 0.319 e. The van der Waals surface area contributed by atoms with Crippen molar-refractivity contribution in [1.29, 1.82) is 0 Å². The van der Waals surface area contributed by atoms with Crippen LogP contribution in [0.2, 0.25) is 0 Å². The summed E-state index contributed by atoms with van der Waals surface area (Å²) in [7, 11) is 1.31. The molecule has 1 aromatic rings. The number of anilines is 1. The lowest BCUT2D eigenvalue weighted by molar-refractivity contribution is -0.140. The van der Waals surface area contributed by atoms with E-state index in [9.17, 15) is 9.59 Å². The van der Waals surface area contributed by atoms with E-state index in [1.807, 2.05) is 19.1 Å². The van der Waals surface area contributed by atoms with Gasteiger partial charge >= 0.3 is 12.0 Å². The number of methoxy groups -OCH3 is 1. The fourth-order valence-corrected chi connectivity index (χ4v) is 1.43. The lowest BCUT2D eigenvalue weighted by Crippen LogP contribution is -2.30. The summed E-state index contributed by atoms with van der Waals surface area (Å²) >= 11 is 0. The van der Waals surface area contributed by atoms with Gasteiger partial charge < -0.3 is 21.1 Å². The van der Waals surface area contributed by atoms with Crippen molar-refractivity contribution >= 4 is 17.7 Å². The Hall–Kier alpha value is -2.08. The molecule has 0 aromatic heterocycles. The average molecular weight is 265 g/mol. The molecule has 2 amide bonds. The van der Waals surface area contributed by atoms with Crippen molar-refractivity contribution in [2.75, 3.05) is 19.0 Å². The first-order chi connectivity index (χ1) is 9.02. The van der Waals surface area contributed by atoms with Crippen molar-refractivity contribution in [2.24, 2.45) is 5.73 Å². The van der Waals surface area contributed by atoms with Crippen LogP contribution in [0.3, 0.4) is 0 Å². The number of urea groups is 1. The molecular weight excluding hydrogens is 246 g/mol. The molecule has 0 aliphatic rings. The lowest BCUT2D eigenvalue weighted by atomic mass is 10.1. The van der Waals surface area contributed by atoms with Gasteiger partial charge in [0.05, 0.1) is 13.5 Å². The highest BCUT2D eigenvalue weighted by Crippen LogP contribution is 2.13. The standard InChI is InChI=1S/C13H19N3O3/c1-9(14)10-3-5-11(6-4-10)16-13(18)15-8-7-12(17)19-2/h3-6,9H,7-8,14H2,1-2H3,(H2,15,16,18). The van der Waals surface area contributed by atoms with Crippen LogP contribution in [0.15, 0.2) is 24.3 Å². The van der Waals surface area contributed by atoms with E-state index in [1.165, 1.54) is 7.11 Å². The number of hydrogen-bond donors (Lipinski definition) is 3. The fourth-order valence-electron chi connectivity index (χ4n) is 1.43. The zero-order chi connectivity index (χ0) is 14.3. The van der Waals surface area contributed by atoms with Crippen LogP contribution in [0.4, 0.5) is 10.5 Å². The maximum absolute atomic E-state index is 11.5. The second-order valence-electron chi connectivity index (χ2n) is 4.12. The number of benzene rings is 1. The number of nitrogens with one attached hydrogen (secondary N) is 2. The van der Waals surface area contributed by atoms with E-state index in [0.29, 0.717) is 5.69 Å². The average Bonchev–Trinajstić information content (AvgIpc) is 2.39. The molecule has 0 aliphatic carbocycles. The van der Waals surface area contributed by atoms with Gasteiger partial charge in [0.1, 0.15) is 0 Å². The van der Waals surface area contributed by atoms with Gasteiger partial charge in [-0.15, -0.1) is 0 Å². The molecule has 0 saturated heterocycles. The molecule has 6 heteroatoms. The van der Waals surface area contributed by atoms with E-state index in [-0.39, 0.29) is 31.0 Å².